The summed E-state index contributed by atoms with van der Waals surface area (Å²) in [5.74, 6) is 1.76. The van der Waals surface area contributed by atoms with Gasteiger partial charge >= 0.3 is 0 Å². The second-order valence-electron chi connectivity index (χ2n) is 6.89. The molecule has 0 spiro atoms. The maximum absolute atomic E-state index is 5.46. The summed E-state index contributed by atoms with van der Waals surface area (Å²) in [5, 5.41) is 6.65. The quantitative estimate of drug-likeness (QED) is 0.431. The molecule has 0 bridgehead atoms. The van der Waals surface area contributed by atoms with Crippen LogP contribution in [0.1, 0.15) is 29.5 Å². The standard InChI is InChI=1S/C23H29N5O/c1-3-24-23(27-16-21-11-6-7-13-25-21)26-15-19-9-4-5-10-20(19)17-28(2)18-22-12-8-14-29-22/h4-14H,3,15-18H2,1-2H3,(H2,24,26,27). The molecule has 6 nitrogen and oxygen atoms in total. The minimum atomic E-state index is 0.613. The lowest BCUT2D eigenvalue weighted by Crippen LogP contribution is -2.37. The first kappa shape index (κ1) is 20.6. The molecule has 0 radical (unpaired) electrons. The summed E-state index contributed by atoms with van der Waals surface area (Å²) in [4.78, 5) is 11.4. The van der Waals surface area contributed by atoms with Crippen molar-refractivity contribution in [2.75, 3.05) is 13.6 Å². The highest BCUT2D eigenvalue weighted by atomic mass is 16.3. The van der Waals surface area contributed by atoms with E-state index in [2.05, 4.69) is 58.8 Å². The number of aromatic nitrogens is 1. The highest BCUT2D eigenvalue weighted by Crippen LogP contribution is 2.14. The third kappa shape index (κ3) is 6.76. The first-order valence-corrected chi connectivity index (χ1v) is 9.94. The molecule has 1 aromatic carbocycles. The molecule has 3 aromatic rings. The topological polar surface area (TPSA) is 65.7 Å². The van der Waals surface area contributed by atoms with Crippen molar-refractivity contribution in [2.45, 2.75) is 33.1 Å². The minimum absolute atomic E-state index is 0.613. The van der Waals surface area contributed by atoms with Crippen LogP contribution in [0.3, 0.4) is 0 Å². The average molecular weight is 392 g/mol. The number of furan rings is 1. The van der Waals surface area contributed by atoms with Gasteiger partial charge in [0.1, 0.15) is 5.76 Å². The fourth-order valence-electron chi connectivity index (χ4n) is 3.06. The summed E-state index contributed by atoms with van der Waals surface area (Å²) in [6.45, 7) is 5.74. The van der Waals surface area contributed by atoms with Gasteiger partial charge in [-0.15, -0.1) is 0 Å². The maximum Gasteiger partial charge on any atom is 0.191 e. The molecule has 0 atom stereocenters. The molecule has 0 aliphatic rings. The Morgan fingerprint density at radius 1 is 1.00 bits per heavy atom. The molecule has 0 aliphatic heterocycles. The Hall–Kier alpha value is -3.12. The third-order valence-electron chi connectivity index (χ3n) is 4.48. The summed E-state index contributed by atoms with van der Waals surface area (Å²) in [6.07, 6.45) is 3.52. The number of rotatable bonds is 9. The molecular weight excluding hydrogens is 362 g/mol. The third-order valence-corrected chi connectivity index (χ3v) is 4.48. The molecular formula is C23H29N5O. The number of hydrogen-bond donors (Lipinski definition) is 2. The van der Waals surface area contributed by atoms with Crippen molar-refractivity contribution in [3.05, 3.63) is 89.6 Å². The maximum atomic E-state index is 5.46. The molecule has 29 heavy (non-hydrogen) atoms. The first-order chi connectivity index (χ1) is 14.2. The Morgan fingerprint density at radius 3 is 2.55 bits per heavy atom. The van der Waals surface area contributed by atoms with E-state index in [9.17, 15) is 0 Å². The molecule has 0 amide bonds. The highest BCUT2D eigenvalue weighted by molar-refractivity contribution is 5.79. The first-order valence-electron chi connectivity index (χ1n) is 9.94. The predicted octanol–water partition coefficient (Wildman–Crippen LogP) is 3.56. The molecule has 2 aromatic heterocycles. The van der Waals surface area contributed by atoms with E-state index in [0.29, 0.717) is 13.1 Å². The number of guanidine groups is 1. The number of hydrogen-bond acceptors (Lipinski definition) is 4. The Balaban J connectivity index is 1.62. The van der Waals surface area contributed by atoms with Crippen molar-refractivity contribution in [2.24, 2.45) is 4.99 Å². The number of benzene rings is 1. The second kappa shape index (κ2) is 11.0. The normalized spacial score (nSPS) is 11.6. The van der Waals surface area contributed by atoms with Gasteiger partial charge in [0.25, 0.3) is 0 Å². The van der Waals surface area contributed by atoms with Crippen LogP contribution in [0.25, 0.3) is 0 Å². The van der Waals surface area contributed by atoms with Crippen molar-refractivity contribution >= 4 is 5.96 Å². The van der Waals surface area contributed by atoms with E-state index >= 15 is 0 Å². The fourth-order valence-corrected chi connectivity index (χ4v) is 3.06. The molecule has 2 N–H and O–H groups in total. The molecule has 3 rings (SSSR count). The van der Waals surface area contributed by atoms with Gasteiger partial charge < -0.3 is 15.1 Å². The van der Waals surface area contributed by atoms with Gasteiger partial charge in [0.15, 0.2) is 5.96 Å². The van der Waals surface area contributed by atoms with Crippen LogP contribution in [0, 0.1) is 0 Å². The molecule has 0 saturated carbocycles. The van der Waals surface area contributed by atoms with Gasteiger partial charge in [-0.25, -0.2) is 4.99 Å². The molecule has 0 aliphatic carbocycles. The van der Waals surface area contributed by atoms with Gasteiger partial charge in [-0.1, -0.05) is 30.3 Å². The Labute approximate surface area is 172 Å². The van der Waals surface area contributed by atoms with E-state index in [4.69, 9.17) is 9.41 Å². The zero-order chi connectivity index (χ0) is 20.3. The second-order valence-corrected chi connectivity index (χ2v) is 6.89. The molecule has 0 fully saturated rings. The SMILES string of the molecule is CCNC(=NCc1ccccc1CN(C)Cc1ccco1)NCc1ccccn1. The van der Waals surface area contributed by atoms with Crippen molar-refractivity contribution < 1.29 is 4.42 Å². The largest absolute Gasteiger partial charge is 0.468 e. The van der Waals surface area contributed by atoms with E-state index in [1.54, 1.807) is 12.5 Å². The van der Waals surface area contributed by atoms with E-state index in [1.807, 2.05) is 30.3 Å². The molecule has 6 heteroatoms. The lowest BCUT2D eigenvalue weighted by atomic mass is 10.1. The van der Waals surface area contributed by atoms with Gasteiger partial charge in [0.2, 0.25) is 0 Å². The van der Waals surface area contributed by atoms with Crippen LogP contribution in [0.5, 0.6) is 0 Å². The predicted molar refractivity (Wildman–Crippen MR) is 116 cm³/mol. The average Bonchev–Trinajstić information content (AvgIpc) is 3.24. The van der Waals surface area contributed by atoms with Crippen LogP contribution in [0.4, 0.5) is 0 Å². The Morgan fingerprint density at radius 2 is 1.83 bits per heavy atom. The minimum Gasteiger partial charge on any atom is -0.468 e. The lowest BCUT2D eigenvalue weighted by molar-refractivity contribution is 0.287. The highest BCUT2D eigenvalue weighted by Gasteiger charge is 2.08. The monoisotopic (exact) mass is 391 g/mol. The van der Waals surface area contributed by atoms with E-state index in [1.165, 1.54) is 11.1 Å². The fraction of sp³-hybridized carbons (Fsp3) is 0.304. The van der Waals surface area contributed by atoms with Crippen LogP contribution in [-0.2, 0) is 26.2 Å². The van der Waals surface area contributed by atoms with Gasteiger partial charge in [0.05, 0.1) is 31.6 Å². The van der Waals surface area contributed by atoms with Gasteiger partial charge in [-0.3, -0.25) is 9.88 Å². The molecule has 0 unspecified atom stereocenters. The summed E-state index contributed by atoms with van der Waals surface area (Å²) in [6, 6.07) is 18.3. The lowest BCUT2D eigenvalue weighted by Gasteiger charge is -2.17. The van der Waals surface area contributed by atoms with E-state index in [-0.39, 0.29) is 0 Å². The van der Waals surface area contributed by atoms with E-state index < -0.39 is 0 Å². The number of pyridine rings is 1. The van der Waals surface area contributed by atoms with Crippen LogP contribution >= 0.6 is 0 Å². The number of nitrogens with zero attached hydrogens (tertiary/aromatic N) is 3. The van der Waals surface area contributed by atoms with E-state index in [0.717, 1.165) is 37.0 Å². The molecule has 2 heterocycles. The zero-order valence-electron chi connectivity index (χ0n) is 17.1. The van der Waals surface area contributed by atoms with Gasteiger partial charge in [-0.2, -0.15) is 0 Å². The summed E-state index contributed by atoms with van der Waals surface area (Å²) in [5.41, 5.74) is 3.47. The van der Waals surface area contributed by atoms with Crippen molar-refractivity contribution in [3.8, 4) is 0 Å². The number of nitrogens with one attached hydrogen (secondary N) is 2. The smallest absolute Gasteiger partial charge is 0.191 e. The summed E-state index contributed by atoms with van der Waals surface area (Å²) in [7, 11) is 2.10. The van der Waals surface area contributed by atoms with Gasteiger partial charge in [0, 0.05) is 19.3 Å². The Kier molecular flexibility index (Phi) is 7.83. The zero-order valence-corrected chi connectivity index (χ0v) is 17.1. The van der Waals surface area contributed by atoms with Crippen molar-refractivity contribution in [1.82, 2.24) is 20.5 Å². The Bertz CT molecular complexity index is 877. The summed E-state index contributed by atoms with van der Waals surface area (Å²) < 4.78 is 5.46. The number of aliphatic imine (C=N–C) groups is 1. The van der Waals surface area contributed by atoms with Crippen molar-refractivity contribution in [1.29, 1.82) is 0 Å². The van der Waals surface area contributed by atoms with Crippen LogP contribution < -0.4 is 10.6 Å². The molecule has 0 saturated heterocycles. The molecule has 152 valence electrons. The van der Waals surface area contributed by atoms with Crippen LogP contribution in [0.15, 0.2) is 76.5 Å². The summed E-state index contributed by atoms with van der Waals surface area (Å²) >= 11 is 0. The van der Waals surface area contributed by atoms with Crippen LogP contribution in [0.2, 0.25) is 0 Å². The van der Waals surface area contributed by atoms with Crippen LogP contribution in [-0.4, -0.2) is 29.4 Å². The van der Waals surface area contributed by atoms with Crippen molar-refractivity contribution in [3.63, 3.8) is 0 Å². The van der Waals surface area contributed by atoms with Gasteiger partial charge in [-0.05, 0) is 49.4 Å².